The van der Waals surface area contributed by atoms with Crippen LogP contribution in [0.3, 0.4) is 0 Å². The molecule has 1 unspecified atom stereocenters. The van der Waals surface area contributed by atoms with Gasteiger partial charge in [-0.25, -0.2) is 0 Å². The molecule has 2 rings (SSSR count). The summed E-state index contributed by atoms with van der Waals surface area (Å²) in [7, 11) is 1.87. The molecule has 13 heavy (non-hydrogen) atoms. The van der Waals surface area contributed by atoms with E-state index in [1.54, 1.807) is 6.20 Å². The highest BCUT2D eigenvalue weighted by molar-refractivity contribution is 5.86. The van der Waals surface area contributed by atoms with E-state index in [1.165, 1.54) is 6.08 Å². The first-order valence-corrected chi connectivity index (χ1v) is 4.09. The van der Waals surface area contributed by atoms with Crippen molar-refractivity contribution < 1.29 is 5.11 Å². The van der Waals surface area contributed by atoms with E-state index >= 15 is 0 Å². The van der Waals surface area contributed by atoms with Crippen LogP contribution in [-0.4, -0.2) is 12.9 Å². The van der Waals surface area contributed by atoms with Crippen molar-refractivity contribution in [2.24, 2.45) is 5.10 Å². The maximum absolute atomic E-state index is 11.0. The molecule has 0 saturated carbocycles. The molecular formula is C10H10N2O. The Morgan fingerprint density at radius 2 is 1.92 bits per heavy atom. The molecule has 1 heterocycles. The van der Waals surface area contributed by atoms with Gasteiger partial charge < -0.3 is 5.11 Å². The highest BCUT2D eigenvalue weighted by Gasteiger charge is 2.24. The number of hydrogen-bond acceptors (Lipinski definition) is 2. The minimum absolute atomic E-state index is 0.175. The number of benzene rings is 1. The number of quaternary nitrogens is 1. The molecule has 1 atom stereocenters. The molecule has 0 bridgehead atoms. The van der Waals surface area contributed by atoms with Crippen LogP contribution in [0.2, 0.25) is 0 Å². The molecule has 0 N–H and O–H groups in total. The Balaban J connectivity index is 2.43. The second-order valence-electron chi connectivity index (χ2n) is 3.12. The van der Waals surface area contributed by atoms with E-state index in [4.69, 9.17) is 0 Å². The van der Waals surface area contributed by atoms with Crippen LogP contribution in [0.15, 0.2) is 47.7 Å². The van der Waals surface area contributed by atoms with Crippen LogP contribution < -0.4 is 9.70 Å². The number of rotatable bonds is 1. The molecule has 3 heteroatoms. The molecule has 1 aliphatic heterocycles. The standard InChI is InChI=1S/C10H10N2O/c1-12(8-7-10(13)11-12)9-5-3-2-4-6-9/h2-8H,1H3. The van der Waals surface area contributed by atoms with Crippen molar-refractivity contribution in [2.75, 3.05) is 7.05 Å². The fourth-order valence-corrected chi connectivity index (χ4v) is 1.35. The molecule has 1 aromatic carbocycles. The van der Waals surface area contributed by atoms with E-state index in [0.717, 1.165) is 5.69 Å². The highest BCUT2D eigenvalue weighted by Crippen LogP contribution is 2.24. The lowest BCUT2D eigenvalue weighted by atomic mass is 10.3. The van der Waals surface area contributed by atoms with Crippen LogP contribution in [-0.2, 0) is 0 Å². The Kier molecular flexibility index (Phi) is 1.67. The zero-order valence-electron chi connectivity index (χ0n) is 7.34. The van der Waals surface area contributed by atoms with Gasteiger partial charge in [0.2, 0.25) is 0 Å². The van der Waals surface area contributed by atoms with Crippen molar-refractivity contribution in [3.8, 4) is 0 Å². The third-order valence-corrected chi connectivity index (χ3v) is 2.09. The Labute approximate surface area is 76.8 Å². The minimum Gasteiger partial charge on any atom is -0.855 e. The van der Waals surface area contributed by atoms with Crippen LogP contribution in [0.25, 0.3) is 0 Å². The second-order valence-corrected chi connectivity index (χ2v) is 3.12. The maximum atomic E-state index is 11.0. The molecule has 3 nitrogen and oxygen atoms in total. The molecule has 0 fully saturated rings. The van der Waals surface area contributed by atoms with E-state index in [9.17, 15) is 5.11 Å². The topological polar surface area (TPSA) is 35.4 Å². The van der Waals surface area contributed by atoms with Crippen molar-refractivity contribution in [3.63, 3.8) is 0 Å². The van der Waals surface area contributed by atoms with E-state index < -0.39 is 0 Å². The van der Waals surface area contributed by atoms with Crippen LogP contribution in [0.5, 0.6) is 0 Å². The number of nitrogens with zero attached hydrogens (tertiary/aromatic N) is 2. The maximum Gasteiger partial charge on any atom is 0.163 e. The first kappa shape index (κ1) is 8.01. The number of hydrogen-bond donors (Lipinski definition) is 0. The lowest BCUT2D eigenvalue weighted by Crippen LogP contribution is -2.31. The molecule has 66 valence electrons. The Hall–Kier alpha value is -1.61. The van der Waals surface area contributed by atoms with Gasteiger partial charge in [0.15, 0.2) is 5.69 Å². The van der Waals surface area contributed by atoms with Crippen molar-refractivity contribution in [3.05, 3.63) is 42.6 Å². The van der Waals surface area contributed by atoms with E-state index in [-0.39, 0.29) is 10.5 Å². The van der Waals surface area contributed by atoms with Crippen LogP contribution in [0.1, 0.15) is 0 Å². The highest BCUT2D eigenvalue weighted by atomic mass is 16.3. The van der Waals surface area contributed by atoms with Gasteiger partial charge in [0.05, 0.1) is 5.90 Å². The Bertz CT molecular complexity index is 370. The van der Waals surface area contributed by atoms with E-state index in [1.807, 2.05) is 37.4 Å². The summed E-state index contributed by atoms with van der Waals surface area (Å²) in [6.45, 7) is 0. The third kappa shape index (κ3) is 1.34. The van der Waals surface area contributed by atoms with Crippen LogP contribution >= 0.6 is 0 Å². The first-order valence-electron chi connectivity index (χ1n) is 4.09. The summed E-state index contributed by atoms with van der Waals surface area (Å²) >= 11 is 0. The summed E-state index contributed by atoms with van der Waals surface area (Å²) in [5, 5.41) is 14.9. The van der Waals surface area contributed by atoms with Gasteiger partial charge in [-0.05, 0) is 0 Å². The number of para-hydroxylation sites is 1. The summed E-state index contributed by atoms with van der Waals surface area (Å²) < 4.78 is 0.222. The van der Waals surface area contributed by atoms with Gasteiger partial charge in [-0.3, -0.25) is 0 Å². The Morgan fingerprint density at radius 3 is 2.46 bits per heavy atom. The predicted molar refractivity (Wildman–Crippen MR) is 50.7 cm³/mol. The molecule has 0 spiro atoms. The quantitative estimate of drug-likeness (QED) is 0.581. The third-order valence-electron chi connectivity index (χ3n) is 2.09. The SMILES string of the molecule is C[N+]1(c2ccccc2)C=CC([O-])=N1. The second kappa shape index (κ2) is 2.71. The normalized spacial score (nSPS) is 26.1. The summed E-state index contributed by atoms with van der Waals surface area (Å²) in [4.78, 5) is 0. The van der Waals surface area contributed by atoms with Gasteiger partial charge in [0, 0.05) is 18.2 Å². The molecule has 0 amide bonds. The fraction of sp³-hybridized carbons (Fsp3) is 0.100. The molecule has 0 aliphatic carbocycles. The molecule has 0 radical (unpaired) electrons. The van der Waals surface area contributed by atoms with Gasteiger partial charge in [-0.1, -0.05) is 23.3 Å². The molecular weight excluding hydrogens is 164 g/mol. The van der Waals surface area contributed by atoms with Gasteiger partial charge in [0.1, 0.15) is 13.2 Å². The smallest absolute Gasteiger partial charge is 0.163 e. The summed E-state index contributed by atoms with van der Waals surface area (Å²) in [6.07, 6.45) is 3.27. The predicted octanol–water partition coefficient (Wildman–Crippen LogP) is 0.825. The van der Waals surface area contributed by atoms with E-state index in [0.29, 0.717) is 0 Å². The molecule has 1 aliphatic rings. The summed E-state index contributed by atoms with van der Waals surface area (Å²) in [5.74, 6) is -0.175. The van der Waals surface area contributed by atoms with Crippen LogP contribution in [0, 0.1) is 0 Å². The van der Waals surface area contributed by atoms with Crippen LogP contribution in [0.4, 0.5) is 5.69 Å². The average Bonchev–Trinajstić information content (AvgIpc) is 2.49. The van der Waals surface area contributed by atoms with Crippen molar-refractivity contribution in [1.82, 2.24) is 4.59 Å². The lowest BCUT2D eigenvalue weighted by molar-refractivity contribution is -0.212. The Morgan fingerprint density at radius 1 is 1.23 bits per heavy atom. The van der Waals surface area contributed by atoms with Crippen molar-refractivity contribution >= 4 is 11.6 Å². The lowest BCUT2D eigenvalue weighted by Gasteiger charge is -2.20. The van der Waals surface area contributed by atoms with Crippen molar-refractivity contribution in [1.29, 1.82) is 0 Å². The zero-order valence-corrected chi connectivity index (χ0v) is 7.34. The average molecular weight is 174 g/mol. The summed E-state index contributed by atoms with van der Waals surface area (Å²) in [6, 6.07) is 9.71. The molecule has 0 saturated heterocycles. The van der Waals surface area contributed by atoms with Gasteiger partial charge in [-0.15, -0.1) is 4.59 Å². The van der Waals surface area contributed by atoms with Gasteiger partial charge in [-0.2, -0.15) is 0 Å². The van der Waals surface area contributed by atoms with Crippen molar-refractivity contribution in [2.45, 2.75) is 0 Å². The molecule has 1 aromatic rings. The largest absolute Gasteiger partial charge is 0.855 e. The van der Waals surface area contributed by atoms with E-state index in [2.05, 4.69) is 5.10 Å². The summed E-state index contributed by atoms with van der Waals surface area (Å²) in [5.41, 5.74) is 0.990. The fourth-order valence-electron chi connectivity index (χ4n) is 1.35. The van der Waals surface area contributed by atoms with Gasteiger partial charge in [0.25, 0.3) is 0 Å². The van der Waals surface area contributed by atoms with Gasteiger partial charge >= 0.3 is 0 Å². The monoisotopic (exact) mass is 174 g/mol. The first-order chi connectivity index (χ1) is 6.21. The zero-order chi connectivity index (χ0) is 9.31. The molecule has 0 aromatic heterocycles. The minimum atomic E-state index is -0.175.